The Morgan fingerprint density at radius 2 is 1.65 bits per heavy atom. The SMILES string of the molecule is CC(C)(C)c1ccnc(C(=O)c2cc(F)cc(C(F)(F)F)c2)c1. The maximum Gasteiger partial charge on any atom is 0.416 e. The van der Waals surface area contributed by atoms with E-state index < -0.39 is 23.3 Å². The zero-order valence-corrected chi connectivity index (χ0v) is 12.8. The molecule has 0 aliphatic carbocycles. The Balaban J connectivity index is 2.48. The quantitative estimate of drug-likeness (QED) is 0.588. The molecule has 2 rings (SSSR count). The van der Waals surface area contributed by atoms with Crippen molar-refractivity contribution in [3.05, 3.63) is 64.7 Å². The van der Waals surface area contributed by atoms with Gasteiger partial charge in [0.15, 0.2) is 0 Å². The van der Waals surface area contributed by atoms with Gasteiger partial charge in [-0.05, 0) is 41.3 Å². The number of nitrogens with zero attached hydrogens (tertiary/aromatic N) is 1. The number of carbonyl (C=O) groups is 1. The molecule has 122 valence electrons. The van der Waals surface area contributed by atoms with Crippen molar-refractivity contribution < 1.29 is 22.4 Å². The summed E-state index contributed by atoms with van der Waals surface area (Å²) in [6.45, 7) is 5.79. The van der Waals surface area contributed by atoms with Gasteiger partial charge in [-0.1, -0.05) is 20.8 Å². The molecule has 0 fully saturated rings. The molecule has 23 heavy (non-hydrogen) atoms. The van der Waals surface area contributed by atoms with Crippen LogP contribution < -0.4 is 0 Å². The van der Waals surface area contributed by atoms with Crippen molar-refractivity contribution in [1.29, 1.82) is 0 Å². The van der Waals surface area contributed by atoms with Crippen LogP contribution in [0.15, 0.2) is 36.5 Å². The third-order valence-corrected chi connectivity index (χ3v) is 3.35. The minimum Gasteiger partial charge on any atom is -0.287 e. The Hall–Kier alpha value is -2.24. The fourth-order valence-corrected chi connectivity index (χ4v) is 2.05. The first kappa shape index (κ1) is 17.1. The number of carbonyl (C=O) groups excluding carboxylic acids is 1. The van der Waals surface area contributed by atoms with Crippen LogP contribution in [0.3, 0.4) is 0 Å². The van der Waals surface area contributed by atoms with E-state index in [1.807, 2.05) is 20.8 Å². The lowest BCUT2D eigenvalue weighted by molar-refractivity contribution is -0.137. The zero-order valence-electron chi connectivity index (χ0n) is 12.8. The summed E-state index contributed by atoms with van der Waals surface area (Å²) in [7, 11) is 0. The highest BCUT2D eigenvalue weighted by atomic mass is 19.4. The van der Waals surface area contributed by atoms with Crippen LogP contribution in [0.1, 0.15) is 48.0 Å². The van der Waals surface area contributed by atoms with Gasteiger partial charge >= 0.3 is 6.18 Å². The minimum atomic E-state index is -4.72. The summed E-state index contributed by atoms with van der Waals surface area (Å²) in [5, 5.41) is 0. The van der Waals surface area contributed by atoms with E-state index in [1.54, 1.807) is 6.07 Å². The summed E-state index contributed by atoms with van der Waals surface area (Å²) in [6.07, 6.45) is -3.31. The summed E-state index contributed by atoms with van der Waals surface area (Å²) in [5.74, 6) is -1.86. The molecule has 6 heteroatoms. The number of benzene rings is 1. The Kier molecular flexibility index (Phi) is 4.28. The topological polar surface area (TPSA) is 30.0 Å². The first-order valence-electron chi connectivity index (χ1n) is 6.87. The molecule has 0 amide bonds. The molecule has 0 bridgehead atoms. The summed E-state index contributed by atoms with van der Waals surface area (Å²) in [4.78, 5) is 16.3. The van der Waals surface area contributed by atoms with Gasteiger partial charge in [0.05, 0.1) is 5.56 Å². The van der Waals surface area contributed by atoms with Crippen LogP contribution in [-0.4, -0.2) is 10.8 Å². The molecule has 0 saturated heterocycles. The van der Waals surface area contributed by atoms with Crippen LogP contribution in [0, 0.1) is 5.82 Å². The number of hydrogen-bond donors (Lipinski definition) is 0. The fraction of sp³-hybridized carbons (Fsp3) is 0.294. The van der Waals surface area contributed by atoms with Crippen LogP contribution in [0.2, 0.25) is 0 Å². The lowest BCUT2D eigenvalue weighted by Gasteiger charge is -2.19. The molecule has 1 aromatic heterocycles. The van der Waals surface area contributed by atoms with Crippen molar-refractivity contribution in [3.8, 4) is 0 Å². The highest BCUT2D eigenvalue weighted by molar-refractivity contribution is 6.07. The van der Waals surface area contributed by atoms with Gasteiger partial charge in [0.1, 0.15) is 11.5 Å². The van der Waals surface area contributed by atoms with Crippen LogP contribution in [0.25, 0.3) is 0 Å². The molecule has 0 unspecified atom stereocenters. The smallest absolute Gasteiger partial charge is 0.287 e. The first-order chi connectivity index (χ1) is 10.5. The predicted molar refractivity (Wildman–Crippen MR) is 77.8 cm³/mol. The zero-order chi connectivity index (χ0) is 17.4. The highest BCUT2D eigenvalue weighted by Gasteiger charge is 2.32. The normalized spacial score (nSPS) is 12.3. The molecule has 0 aliphatic heterocycles. The number of halogens is 4. The maximum absolute atomic E-state index is 13.4. The van der Waals surface area contributed by atoms with Crippen molar-refractivity contribution in [2.24, 2.45) is 0 Å². The second-order valence-corrected chi connectivity index (χ2v) is 6.24. The van der Waals surface area contributed by atoms with E-state index in [0.717, 1.165) is 11.6 Å². The second kappa shape index (κ2) is 5.76. The predicted octanol–water partition coefficient (Wildman–Crippen LogP) is 4.77. The van der Waals surface area contributed by atoms with Crippen LogP contribution >= 0.6 is 0 Å². The Labute approximate surface area is 131 Å². The van der Waals surface area contributed by atoms with Crippen molar-refractivity contribution in [2.45, 2.75) is 32.4 Å². The Morgan fingerprint density at radius 1 is 1.00 bits per heavy atom. The van der Waals surface area contributed by atoms with E-state index in [4.69, 9.17) is 0 Å². The number of pyridine rings is 1. The van der Waals surface area contributed by atoms with Gasteiger partial charge in [-0.3, -0.25) is 9.78 Å². The lowest BCUT2D eigenvalue weighted by Crippen LogP contribution is -2.14. The number of hydrogen-bond acceptors (Lipinski definition) is 2. The summed E-state index contributed by atoms with van der Waals surface area (Å²) in [6, 6.07) is 5.01. The molecule has 2 aromatic rings. The molecule has 0 N–H and O–H groups in total. The molecule has 0 spiro atoms. The van der Waals surface area contributed by atoms with Crippen molar-refractivity contribution in [2.75, 3.05) is 0 Å². The number of aromatic nitrogens is 1. The molecule has 0 aliphatic rings. The van der Waals surface area contributed by atoms with Crippen molar-refractivity contribution in [1.82, 2.24) is 4.98 Å². The average Bonchev–Trinajstić information content (AvgIpc) is 2.44. The molecular weight excluding hydrogens is 310 g/mol. The van der Waals surface area contributed by atoms with Gasteiger partial charge in [0, 0.05) is 11.8 Å². The largest absolute Gasteiger partial charge is 0.416 e. The van der Waals surface area contributed by atoms with E-state index >= 15 is 0 Å². The maximum atomic E-state index is 13.4. The van der Waals surface area contributed by atoms with Crippen LogP contribution in [0.5, 0.6) is 0 Å². The number of alkyl halides is 3. The Morgan fingerprint density at radius 3 is 2.22 bits per heavy atom. The van der Waals surface area contributed by atoms with Gasteiger partial charge in [-0.2, -0.15) is 13.2 Å². The van der Waals surface area contributed by atoms with E-state index in [2.05, 4.69) is 4.98 Å². The molecule has 2 nitrogen and oxygen atoms in total. The third-order valence-electron chi connectivity index (χ3n) is 3.35. The first-order valence-corrected chi connectivity index (χ1v) is 6.87. The standard InChI is InChI=1S/C17H15F4NO/c1-16(2,3)11-4-5-22-14(9-11)15(23)10-6-12(17(19,20)21)8-13(18)7-10/h4-9H,1-3H3. The van der Waals surface area contributed by atoms with Gasteiger partial charge < -0.3 is 0 Å². The minimum absolute atomic E-state index is 0.0175. The van der Waals surface area contributed by atoms with Crippen LogP contribution in [-0.2, 0) is 11.6 Å². The average molecular weight is 325 g/mol. The second-order valence-electron chi connectivity index (χ2n) is 6.24. The number of ketones is 1. The molecular formula is C17H15F4NO. The van der Waals surface area contributed by atoms with Gasteiger partial charge in [0.25, 0.3) is 0 Å². The summed E-state index contributed by atoms with van der Waals surface area (Å²) in [5.41, 5.74) is -1.04. The van der Waals surface area contributed by atoms with Crippen LogP contribution in [0.4, 0.5) is 17.6 Å². The lowest BCUT2D eigenvalue weighted by atomic mass is 9.87. The third kappa shape index (κ3) is 3.94. The van der Waals surface area contributed by atoms with Gasteiger partial charge in [0.2, 0.25) is 5.78 Å². The highest BCUT2D eigenvalue weighted by Crippen LogP contribution is 2.31. The molecule has 0 radical (unpaired) electrons. The monoisotopic (exact) mass is 325 g/mol. The van der Waals surface area contributed by atoms with E-state index in [9.17, 15) is 22.4 Å². The van der Waals surface area contributed by atoms with E-state index in [0.29, 0.717) is 12.1 Å². The van der Waals surface area contributed by atoms with Gasteiger partial charge in [-0.25, -0.2) is 4.39 Å². The molecule has 1 heterocycles. The van der Waals surface area contributed by atoms with Crippen molar-refractivity contribution >= 4 is 5.78 Å². The van der Waals surface area contributed by atoms with E-state index in [1.165, 1.54) is 12.3 Å². The Bertz CT molecular complexity index is 745. The fourth-order valence-electron chi connectivity index (χ4n) is 2.05. The number of rotatable bonds is 2. The molecule has 1 aromatic carbocycles. The van der Waals surface area contributed by atoms with E-state index in [-0.39, 0.29) is 16.7 Å². The molecule has 0 saturated carbocycles. The van der Waals surface area contributed by atoms with Crippen molar-refractivity contribution in [3.63, 3.8) is 0 Å². The summed E-state index contributed by atoms with van der Waals surface area (Å²) >= 11 is 0. The van der Waals surface area contributed by atoms with Gasteiger partial charge in [-0.15, -0.1) is 0 Å². The molecule has 0 atom stereocenters. The summed E-state index contributed by atoms with van der Waals surface area (Å²) < 4.78 is 51.7.